The standard InChI is InChI=1S/C16H24N4S.2C2HF3O2/c1-13-4-5-15(21-13)12-19-7-6-16-17-10-14(11-18(2)3)20(16)9-8-19;2*3-2(4,5)1(6)7/h4-5,10H,6-9,11-12H2,1-3H3;2*(H,6,7). The average Bonchev–Trinajstić information content (AvgIpc) is 3.22. The van der Waals surface area contributed by atoms with Gasteiger partial charge in [-0.15, -0.1) is 11.3 Å². The van der Waals surface area contributed by atoms with Crippen molar-refractivity contribution in [2.24, 2.45) is 0 Å². The van der Waals surface area contributed by atoms with Gasteiger partial charge in [-0.1, -0.05) is 0 Å². The van der Waals surface area contributed by atoms with Crippen molar-refractivity contribution in [1.82, 2.24) is 19.4 Å². The number of nitrogens with zero attached hydrogens (tertiary/aromatic N) is 4. The Balaban J connectivity index is 0.000000362. The van der Waals surface area contributed by atoms with Crippen LogP contribution in [0.2, 0.25) is 0 Å². The van der Waals surface area contributed by atoms with Gasteiger partial charge in [0.1, 0.15) is 5.82 Å². The number of carboxylic acid groups (broad SMARTS) is 2. The van der Waals surface area contributed by atoms with E-state index in [9.17, 15) is 26.3 Å². The number of thiophene rings is 1. The molecule has 2 aromatic heterocycles. The van der Waals surface area contributed by atoms with Gasteiger partial charge in [-0.05, 0) is 33.2 Å². The van der Waals surface area contributed by atoms with Gasteiger partial charge in [0.05, 0.1) is 5.69 Å². The number of imidazole rings is 1. The molecular weight excluding hydrogens is 506 g/mol. The highest BCUT2D eigenvalue weighted by Gasteiger charge is 2.38. The van der Waals surface area contributed by atoms with Gasteiger partial charge in [-0.3, -0.25) is 4.90 Å². The summed E-state index contributed by atoms with van der Waals surface area (Å²) in [6.07, 6.45) is -7.06. The normalized spacial score (nSPS) is 14.2. The predicted octanol–water partition coefficient (Wildman–Crippen LogP) is 3.64. The molecule has 3 heterocycles. The Kier molecular flexibility index (Phi) is 11.2. The maximum absolute atomic E-state index is 10.6. The molecule has 2 N–H and O–H groups in total. The van der Waals surface area contributed by atoms with Crippen LogP contribution in [0.4, 0.5) is 26.3 Å². The minimum absolute atomic E-state index is 0.969. The van der Waals surface area contributed by atoms with Crippen molar-refractivity contribution < 1.29 is 46.1 Å². The lowest BCUT2D eigenvalue weighted by Gasteiger charge is -2.19. The Morgan fingerprint density at radius 3 is 2.00 bits per heavy atom. The second kappa shape index (κ2) is 12.9. The van der Waals surface area contributed by atoms with Crippen molar-refractivity contribution in [3.8, 4) is 0 Å². The molecule has 1 aliphatic rings. The Morgan fingerprint density at radius 2 is 1.57 bits per heavy atom. The summed E-state index contributed by atoms with van der Waals surface area (Å²) >= 11 is 1.91. The van der Waals surface area contributed by atoms with Gasteiger partial charge in [0.2, 0.25) is 0 Å². The number of carboxylic acids is 2. The van der Waals surface area contributed by atoms with Crippen LogP contribution in [0.25, 0.3) is 0 Å². The first-order valence-corrected chi connectivity index (χ1v) is 10.9. The van der Waals surface area contributed by atoms with Gasteiger partial charge in [0.25, 0.3) is 0 Å². The molecule has 0 atom stereocenters. The van der Waals surface area contributed by atoms with Crippen molar-refractivity contribution in [2.75, 3.05) is 27.2 Å². The summed E-state index contributed by atoms with van der Waals surface area (Å²) in [6, 6.07) is 4.49. The largest absolute Gasteiger partial charge is 0.490 e. The van der Waals surface area contributed by atoms with Gasteiger partial charge in [0, 0.05) is 55.1 Å². The number of hydrogen-bond acceptors (Lipinski definition) is 6. The van der Waals surface area contributed by atoms with Crippen LogP contribution in [0.5, 0.6) is 0 Å². The maximum Gasteiger partial charge on any atom is 0.490 e. The number of aryl methyl sites for hydroxylation is 1. The Hall–Kier alpha value is -2.65. The van der Waals surface area contributed by atoms with E-state index in [-0.39, 0.29) is 0 Å². The van der Waals surface area contributed by atoms with Crippen LogP contribution < -0.4 is 0 Å². The van der Waals surface area contributed by atoms with Crippen LogP contribution in [-0.4, -0.2) is 81.0 Å². The summed E-state index contributed by atoms with van der Waals surface area (Å²) < 4.78 is 65.9. The van der Waals surface area contributed by atoms with Crippen molar-refractivity contribution in [1.29, 1.82) is 0 Å². The molecular formula is C20H26F6N4O4S. The third kappa shape index (κ3) is 11.1. The third-order valence-corrected chi connectivity index (χ3v) is 5.44. The molecule has 0 radical (unpaired) electrons. The van der Waals surface area contributed by atoms with E-state index in [0.717, 1.165) is 39.1 Å². The fourth-order valence-corrected chi connectivity index (χ4v) is 3.87. The second-order valence-corrected chi connectivity index (χ2v) is 9.07. The molecule has 0 aliphatic carbocycles. The molecule has 8 nitrogen and oxygen atoms in total. The highest BCUT2D eigenvalue weighted by molar-refractivity contribution is 7.11. The lowest BCUT2D eigenvalue weighted by Crippen LogP contribution is -2.26. The number of aromatic nitrogens is 2. The third-order valence-electron chi connectivity index (χ3n) is 4.45. The van der Waals surface area contributed by atoms with Crippen molar-refractivity contribution in [2.45, 2.75) is 45.3 Å². The van der Waals surface area contributed by atoms with Crippen LogP contribution in [-0.2, 0) is 35.6 Å². The SMILES string of the molecule is Cc1ccc(CN2CCc3ncc(CN(C)C)n3CC2)s1.O=C(O)C(F)(F)F.O=C(O)C(F)(F)F. The predicted molar refractivity (Wildman–Crippen MR) is 115 cm³/mol. The average molecular weight is 533 g/mol. The molecule has 0 fully saturated rings. The topological polar surface area (TPSA) is 98.9 Å². The van der Waals surface area contributed by atoms with Gasteiger partial charge >= 0.3 is 24.3 Å². The molecule has 0 spiro atoms. The van der Waals surface area contributed by atoms with E-state index in [4.69, 9.17) is 19.8 Å². The van der Waals surface area contributed by atoms with E-state index in [2.05, 4.69) is 52.5 Å². The fourth-order valence-electron chi connectivity index (χ4n) is 2.94. The zero-order valence-electron chi connectivity index (χ0n) is 19.2. The molecule has 0 saturated heterocycles. The van der Waals surface area contributed by atoms with Crippen LogP contribution in [0.1, 0.15) is 21.3 Å². The van der Waals surface area contributed by atoms with E-state index in [1.54, 1.807) is 0 Å². The first-order valence-electron chi connectivity index (χ1n) is 10.1. The molecule has 0 bridgehead atoms. The van der Waals surface area contributed by atoms with Crippen molar-refractivity contribution in [3.63, 3.8) is 0 Å². The van der Waals surface area contributed by atoms with E-state index in [1.807, 2.05) is 17.5 Å². The molecule has 198 valence electrons. The Labute approximate surface area is 201 Å². The van der Waals surface area contributed by atoms with E-state index < -0.39 is 24.3 Å². The lowest BCUT2D eigenvalue weighted by atomic mass is 10.3. The Bertz CT molecular complexity index is 948. The van der Waals surface area contributed by atoms with E-state index in [1.165, 1.54) is 21.3 Å². The highest BCUT2D eigenvalue weighted by Crippen LogP contribution is 2.19. The number of rotatable bonds is 4. The summed E-state index contributed by atoms with van der Waals surface area (Å²) in [5.41, 5.74) is 1.34. The molecule has 3 rings (SSSR count). The monoisotopic (exact) mass is 532 g/mol. The smallest absolute Gasteiger partial charge is 0.475 e. The van der Waals surface area contributed by atoms with Gasteiger partial charge in [-0.25, -0.2) is 14.6 Å². The summed E-state index contributed by atoms with van der Waals surface area (Å²) in [6.45, 7) is 7.50. The van der Waals surface area contributed by atoms with Crippen LogP contribution in [0, 0.1) is 6.92 Å². The molecule has 0 unspecified atom stereocenters. The van der Waals surface area contributed by atoms with Crippen molar-refractivity contribution in [3.05, 3.63) is 39.6 Å². The highest BCUT2D eigenvalue weighted by atomic mass is 32.1. The zero-order chi connectivity index (χ0) is 27.0. The second-order valence-electron chi connectivity index (χ2n) is 7.70. The lowest BCUT2D eigenvalue weighted by molar-refractivity contribution is -0.193. The van der Waals surface area contributed by atoms with E-state index in [0.29, 0.717) is 0 Å². The first-order chi connectivity index (χ1) is 16.0. The van der Waals surface area contributed by atoms with Gasteiger partial charge in [0.15, 0.2) is 0 Å². The molecule has 1 aliphatic heterocycles. The van der Waals surface area contributed by atoms with Crippen LogP contribution in [0.3, 0.4) is 0 Å². The number of aliphatic carboxylic acids is 2. The summed E-state index contributed by atoms with van der Waals surface area (Å²) in [5, 5.41) is 14.2. The number of alkyl halides is 6. The summed E-state index contributed by atoms with van der Waals surface area (Å²) in [4.78, 5) is 30.1. The number of hydrogen-bond donors (Lipinski definition) is 2. The quantitative estimate of drug-likeness (QED) is 0.581. The van der Waals surface area contributed by atoms with Crippen LogP contribution in [0.15, 0.2) is 18.3 Å². The van der Waals surface area contributed by atoms with Crippen LogP contribution >= 0.6 is 11.3 Å². The fraction of sp³-hybridized carbons (Fsp3) is 0.550. The van der Waals surface area contributed by atoms with Crippen molar-refractivity contribution >= 4 is 23.3 Å². The molecule has 15 heteroatoms. The minimum Gasteiger partial charge on any atom is -0.475 e. The first kappa shape index (κ1) is 30.4. The molecule has 0 saturated carbocycles. The van der Waals surface area contributed by atoms with E-state index >= 15 is 0 Å². The number of carbonyl (C=O) groups is 2. The summed E-state index contributed by atoms with van der Waals surface area (Å²) in [5.74, 6) is -4.27. The molecule has 2 aromatic rings. The maximum atomic E-state index is 10.6. The van der Waals surface area contributed by atoms with Gasteiger partial charge < -0.3 is 19.7 Å². The summed E-state index contributed by atoms with van der Waals surface area (Å²) in [7, 11) is 4.23. The molecule has 0 aromatic carbocycles. The number of halogens is 6. The molecule has 0 amide bonds. The minimum atomic E-state index is -5.08. The Morgan fingerprint density at radius 1 is 1.03 bits per heavy atom. The number of fused-ring (bicyclic) bond motifs is 1. The molecule has 35 heavy (non-hydrogen) atoms. The zero-order valence-corrected chi connectivity index (χ0v) is 20.0. The van der Waals surface area contributed by atoms with Gasteiger partial charge in [-0.2, -0.15) is 26.3 Å².